The van der Waals surface area contributed by atoms with Gasteiger partial charge in [0.2, 0.25) is 0 Å². The molecule has 2 aliphatic heterocycles. The lowest BCUT2D eigenvalue weighted by Crippen LogP contribution is -2.34. The van der Waals surface area contributed by atoms with E-state index in [1.807, 2.05) is 22.7 Å². The van der Waals surface area contributed by atoms with E-state index in [0.717, 1.165) is 35.7 Å². The highest BCUT2D eigenvalue weighted by atomic mass is 32.2. The molecule has 2 aromatic carbocycles. The Kier molecular flexibility index (Phi) is 3.68. The second-order valence-electron chi connectivity index (χ2n) is 6.44. The molecule has 0 radical (unpaired) electrons. The number of aryl methyl sites for hydroxylation is 1. The van der Waals surface area contributed by atoms with Gasteiger partial charge in [-0.05, 0) is 42.2 Å². The standard InChI is InChI=1S/C21H17NOS2/c23-21(22-11-5-7-14-6-1-3-9-17(14)22)19-12-15-13-24-18-10-4-2-8-16(18)20(15)25-19/h1-4,6,8-10,12H,5,7,11,13H2. The molecule has 124 valence electrons. The lowest BCUT2D eigenvalue weighted by atomic mass is 10.0. The third-order valence-corrected chi connectivity index (χ3v) is 7.21. The number of carbonyl (C=O) groups excluding carboxylic acids is 1. The van der Waals surface area contributed by atoms with Crippen molar-refractivity contribution in [2.45, 2.75) is 23.5 Å². The van der Waals surface area contributed by atoms with Gasteiger partial charge >= 0.3 is 0 Å². The Morgan fingerprint density at radius 2 is 1.84 bits per heavy atom. The van der Waals surface area contributed by atoms with Crippen LogP contribution in [-0.4, -0.2) is 12.5 Å². The molecular weight excluding hydrogens is 346 g/mol. The van der Waals surface area contributed by atoms with E-state index < -0.39 is 0 Å². The van der Waals surface area contributed by atoms with Gasteiger partial charge in [-0.1, -0.05) is 36.4 Å². The van der Waals surface area contributed by atoms with E-state index in [1.165, 1.54) is 26.5 Å². The van der Waals surface area contributed by atoms with Crippen LogP contribution in [0.3, 0.4) is 0 Å². The van der Waals surface area contributed by atoms with Gasteiger partial charge in [0.05, 0.1) is 4.88 Å². The zero-order valence-electron chi connectivity index (χ0n) is 13.7. The van der Waals surface area contributed by atoms with E-state index in [2.05, 4.69) is 48.5 Å². The van der Waals surface area contributed by atoms with Crippen LogP contribution in [0.2, 0.25) is 0 Å². The summed E-state index contributed by atoms with van der Waals surface area (Å²) in [6, 6.07) is 18.9. The summed E-state index contributed by atoms with van der Waals surface area (Å²) < 4.78 is 0. The maximum Gasteiger partial charge on any atom is 0.268 e. The number of hydrogen-bond donors (Lipinski definition) is 0. The molecule has 0 spiro atoms. The molecule has 3 aromatic rings. The Balaban J connectivity index is 1.54. The summed E-state index contributed by atoms with van der Waals surface area (Å²) in [5.74, 6) is 1.10. The van der Waals surface area contributed by atoms with Gasteiger partial charge in [-0.25, -0.2) is 0 Å². The van der Waals surface area contributed by atoms with Gasteiger partial charge in [-0.3, -0.25) is 4.79 Å². The normalized spacial score (nSPS) is 15.3. The molecule has 0 saturated heterocycles. The molecular formula is C21H17NOS2. The number of amides is 1. The summed E-state index contributed by atoms with van der Waals surface area (Å²) in [6.45, 7) is 0.809. The number of thioether (sulfide) groups is 1. The van der Waals surface area contributed by atoms with Crippen molar-refractivity contribution in [3.8, 4) is 10.4 Å². The monoisotopic (exact) mass is 363 g/mol. The largest absolute Gasteiger partial charge is 0.307 e. The number of rotatable bonds is 1. The number of hydrogen-bond acceptors (Lipinski definition) is 3. The van der Waals surface area contributed by atoms with Gasteiger partial charge in [0.25, 0.3) is 5.91 Å². The second kappa shape index (κ2) is 6.04. The topological polar surface area (TPSA) is 20.3 Å². The van der Waals surface area contributed by atoms with Crippen molar-refractivity contribution in [2.24, 2.45) is 0 Å². The molecule has 25 heavy (non-hydrogen) atoms. The molecule has 0 aliphatic carbocycles. The molecule has 4 heteroatoms. The molecule has 2 nitrogen and oxygen atoms in total. The lowest BCUT2D eigenvalue weighted by molar-refractivity contribution is 0.0989. The number of fused-ring (bicyclic) bond motifs is 4. The third-order valence-electron chi connectivity index (χ3n) is 4.89. The van der Waals surface area contributed by atoms with E-state index in [-0.39, 0.29) is 5.91 Å². The van der Waals surface area contributed by atoms with Gasteiger partial charge in [0, 0.05) is 33.3 Å². The first-order chi connectivity index (χ1) is 12.3. The van der Waals surface area contributed by atoms with E-state index in [1.54, 1.807) is 11.3 Å². The van der Waals surface area contributed by atoms with Crippen LogP contribution in [0.1, 0.15) is 27.2 Å². The minimum absolute atomic E-state index is 0.147. The predicted octanol–water partition coefficient (Wildman–Crippen LogP) is 5.61. The van der Waals surface area contributed by atoms with Crippen molar-refractivity contribution in [3.63, 3.8) is 0 Å². The number of benzene rings is 2. The molecule has 0 atom stereocenters. The fourth-order valence-corrected chi connectivity index (χ4v) is 6.05. The van der Waals surface area contributed by atoms with Crippen LogP contribution in [-0.2, 0) is 12.2 Å². The molecule has 1 aromatic heterocycles. The highest BCUT2D eigenvalue weighted by Crippen LogP contribution is 2.46. The number of nitrogens with zero attached hydrogens (tertiary/aromatic N) is 1. The Hall–Kier alpha value is -2.04. The third kappa shape index (κ3) is 2.52. The molecule has 0 unspecified atom stereocenters. The van der Waals surface area contributed by atoms with Crippen molar-refractivity contribution in [1.82, 2.24) is 0 Å². The van der Waals surface area contributed by atoms with Crippen LogP contribution in [0.15, 0.2) is 59.5 Å². The number of anilines is 1. The van der Waals surface area contributed by atoms with E-state index in [4.69, 9.17) is 0 Å². The molecule has 0 fully saturated rings. The highest BCUT2D eigenvalue weighted by molar-refractivity contribution is 7.98. The molecule has 1 amide bonds. The molecule has 0 bridgehead atoms. The van der Waals surface area contributed by atoms with Crippen molar-refractivity contribution >= 4 is 34.7 Å². The van der Waals surface area contributed by atoms with Crippen molar-refractivity contribution < 1.29 is 4.79 Å². The Morgan fingerprint density at radius 1 is 1.00 bits per heavy atom. The number of para-hydroxylation sites is 1. The first-order valence-electron chi connectivity index (χ1n) is 8.56. The SMILES string of the molecule is O=C(c1cc2c(s1)-c1ccccc1SC2)N1CCCc2ccccc21. The average Bonchev–Trinajstić information content (AvgIpc) is 3.12. The fraction of sp³-hybridized carbons (Fsp3) is 0.190. The lowest BCUT2D eigenvalue weighted by Gasteiger charge is -2.29. The van der Waals surface area contributed by atoms with Crippen molar-refractivity contribution in [1.29, 1.82) is 0 Å². The summed E-state index contributed by atoms with van der Waals surface area (Å²) >= 11 is 3.51. The quantitative estimate of drug-likeness (QED) is 0.560. The summed E-state index contributed by atoms with van der Waals surface area (Å²) in [7, 11) is 0. The maximum absolute atomic E-state index is 13.2. The fourth-order valence-electron chi connectivity index (χ4n) is 3.68. The summed E-state index contributed by atoms with van der Waals surface area (Å²) in [6.07, 6.45) is 2.09. The van der Waals surface area contributed by atoms with E-state index in [0.29, 0.717) is 0 Å². The van der Waals surface area contributed by atoms with Crippen LogP contribution >= 0.6 is 23.1 Å². The van der Waals surface area contributed by atoms with Gasteiger partial charge in [-0.15, -0.1) is 23.1 Å². The first kappa shape index (κ1) is 15.2. The number of carbonyl (C=O) groups is 1. The highest BCUT2D eigenvalue weighted by Gasteiger charge is 2.27. The first-order valence-corrected chi connectivity index (χ1v) is 10.4. The van der Waals surface area contributed by atoms with E-state index in [9.17, 15) is 4.79 Å². The van der Waals surface area contributed by atoms with Crippen LogP contribution < -0.4 is 4.90 Å². The smallest absolute Gasteiger partial charge is 0.268 e. The molecule has 0 N–H and O–H groups in total. The Morgan fingerprint density at radius 3 is 2.80 bits per heavy atom. The van der Waals surface area contributed by atoms with Crippen LogP contribution in [0.5, 0.6) is 0 Å². The van der Waals surface area contributed by atoms with Crippen molar-refractivity contribution in [3.05, 3.63) is 70.6 Å². The van der Waals surface area contributed by atoms with Crippen LogP contribution in [0.4, 0.5) is 5.69 Å². The zero-order valence-corrected chi connectivity index (χ0v) is 15.3. The maximum atomic E-state index is 13.2. The summed E-state index contributed by atoms with van der Waals surface area (Å²) in [5, 5.41) is 0. The van der Waals surface area contributed by atoms with E-state index >= 15 is 0 Å². The molecule has 5 rings (SSSR count). The Labute approximate surface area is 155 Å². The average molecular weight is 364 g/mol. The van der Waals surface area contributed by atoms with Crippen LogP contribution in [0.25, 0.3) is 10.4 Å². The van der Waals surface area contributed by atoms with Gasteiger partial charge in [-0.2, -0.15) is 0 Å². The summed E-state index contributed by atoms with van der Waals surface area (Å²) in [4.78, 5) is 18.6. The minimum Gasteiger partial charge on any atom is -0.307 e. The molecule has 0 saturated carbocycles. The van der Waals surface area contributed by atoms with Crippen LogP contribution in [0, 0.1) is 0 Å². The zero-order chi connectivity index (χ0) is 16.8. The van der Waals surface area contributed by atoms with Gasteiger partial charge in [0.1, 0.15) is 0 Å². The second-order valence-corrected chi connectivity index (χ2v) is 8.51. The predicted molar refractivity (Wildman–Crippen MR) is 106 cm³/mol. The van der Waals surface area contributed by atoms with Gasteiger partial charge in [0.15, 0.2) is 0 Å². The Bertz CT molecular complexity index is 976. The molecule has 3 heterocycles. The van der Waals surface area contributed by atoms with Gasteiger partial charge < -0.3 is 4.90 Å². The molecule has 2 aliphatic rings. The minimum atomic E-state index is 0.147. The van der Waals surface area contributed by atoms with Crippen molar-refractivity contribution in [2.75, 3.05) is 11.4 Å². The summed E-state index contributed by atoms with van der Waals surface area (Å²) in [5.41, 5.74) is 4.93. The number of thiophene rings is 1.